The van der Waals surface area contributed by atoms with Gasteiger partial charge in [-0.25, -0.2) is 0 Å². The second-order valence-electron chi connectivity index (χ2n) is 12.2. The van der Waals surface area contributed by atoms with Gasteiger partial charge in [0, 0.05) is 31.8 Å². The van der Waals surface area contributed by atoms with Gasteiger partial charge in [0.25, 0.3) is 0 Å². The predicted octanol–water partition coefficient (Wildman–Crippen LogP) is 6.97. The topological polar surface area (TPSA) is 50.8 Å². The number of hydrogen-bond acceptors (Lipinski definition) is 4. The molecular weight excluding hydrogens is 508 g/mol. The molecule has 2 bridgehead atoms. The summed E-state index contributed by atoms with van der Waals surface area (Å²) >= 11 is 0. The van der Waals surface area contributed by atoms with Gasteiger partial charge >= 0.3 is 0 Å². The number of amides is 1. The Hall–Kier alpha value is -3.15. The van der Waals surface area contributed by atoms with Gasteiger partial charge in [0.1, 0.15) is 12.4 Å². The third kappa shape index (κ3) is 6.85. The molecule has 5 heteroatoms. The highest BCUT2D eigenvalue weighted by Crippen LogP contribution is 2.38. The Bertz CT molecular complexity index is 1340. The summed E-state index contributed by atoms with van der Waals surface area (Å²) in [6.45, 7) is 10.9. The molecule has 0 aromatic heterocycles. The maximum Gasteiger partial charge on any atom is 0.224 e. The lowest BCUT2D eigenvalue weighted by Gasteiger charge is -2.39. The number of rotatable bonds is 11. The van der Waals surface area contributed by atoms with Crippen LogP contribution in [-0.4, -0.2) is 49.3 Å². The number of benzene rings is 3. The van der Waals surface area contributed by atoms with E-state index < -0.39 is 0 Å². The molecule has 0 saturated carbocycles. The lowest BCUT2D eigenvalue weighted by molar-refractivity contribution is -0.121. The fourth-order valence-corrected chi connectivity index (χ4v) is 6.84. The number of piperidine rings is 1. The molecule has 5 rings (SSSR count). The van der Waals surface area contributed by atoms with Crippen molar-refractivity contribution in [3.63, 3.8) is 0 Å². The maximum atomic E-state index is 13.2. The second-order valence-corrected chi connectivity index (χ2v) is 12.2. The van der Waals surface area contributed by atoms with Crippen LogP contribution in [0, 0.1) is 13.8 Å². The molecular formula is C36H46N2O3. The van der Waals surface area contributed by atoms with E-state index >= 15 is 0 Å². The minimum atomic E-state index is 0.132. The molecule has 2 aliphatic rings. The van der Waals surface area contributed by atoms with Crippen molar-refractivity contribution in [1.29, 1.82) is 0 Å². The Balaban J connectivity index is 1.18. The molecule has 3 aromatic rings. The number of ether oxygens (including phenoxy) is 2. The molecule has 0 spiro atoms. The standard InChI is InChI=1S/C36H46N2O3/c1-24(2)33-11-6-7-12-34(33)28-10-8-9-27(19-28)20-36(39)37-30-21-31-14-15-32(22-30)38(31)23-29-13-16-35(26(4)25(29)3)41-18-17-40-5/h6-13,16,19,24,30-32H,14-15,17-18,20-23H2,1-5H3,(H,37,39). The largest absolute Gasteiger partial charge is 0.491 e. The first-order chi connectivity index (χ1) is 19.8. The highest BCUT2D eigenvalue weighted by Gasteiger charge is 2.41. The van der Waals surface area contributed by atoms with Crippen LogP contribution in [0.25, 0.3) is 11.1 Å². The summed E-state index contributed by atoms with van der Waals surface area (Å²) in [5.74, 6) is 1.53. The van der Waals surface area contributed by atoms with E-state index in [1.165, 1.54) is 46.2 Å². The van der Waals surface area contributed by atoms with E-state index in [-0.39, 0.29) is 11.9 Å². The van der Waals surface area contributed by atoms with Gasteiger partial charge in [-0.1, -0.05) is 68.4 Å². The van der Waals surface area contributed by atoms with E-state index in [0.29, 0.717) is 37.6 Å². The van der Waals surface area contributed by atoms with E-state index in [1.807, 2.05) is 0 Å². The molecule has 2 fully saturated rings. The van der Waals surface area contributed by atoms with E-state index in [2.05, 4.69) is 98.6 Å². The first-order valence-electron chi connectivity index (χ1n) is 15.3. The van der Waals surface area contributed by atoms with Gasteiger partial charge in [-0.15, -0.1) is 0 Å². The summed E-state index contributed by atoms with van der Waals surface area (Å²) in [5, 5.41) is 3.40. The van der Waals surface area contributed by atoms with Crippen LogP contribution < -0.4 is 10.1 Å². The van der Waals surface area contributed by atoms with Crippen LogP contribution >= 0.6 is 0 Å². The van der Waals surface area contributed by atoms with Gasteiger partial charge in [-0.2, -0.15) is 0 Å². The zero-order valence-electron chi connectivity index (χ0n) is 25.4. The van der Waals surface area contributed by atoms with Crippen molar-refractivity contribution in [3.8, 4) is 16.9 Å². The molecule has 2 heterocycles. The molecule has 41 heavy (non-hydrogen) atoms. The zero-order chi connectivity index (χ0) is 28.9. The van der Waals surface area contributed by atoms with Crippen molar-refractivity contribution in [2.45, 2.75) is 90.4 Å². The Morgan fingerprint density at radius 1 is 0.951 bits per heavy atom. The molecule has 2 aliphatic heterocycles. The summed E-state index contributed by atoms with van der Waals surface area (Å²) in [7, 11) is 1.69. The predicted molar refractivity (Wildman–Crippen MR) is 166 cm³/mol. The lowest BCUT2D eigenvalue weighted by Crippen LogP contribution is -2.50. The zero-order valence-corrected chi connectivity index (χ0v) is 25.4. The first kappa shape index (κ1) is 29.3. The van der Waals surface area contributed by atoms with Gasteiger partial charge < -0.3 is 14.8 Å². The summed E-state index contributed by atoms with van der Waals surface area (Å²) in [6, 6.07) is 22.7. The molecule has 1 N–H and O–H groups in total. The van der Waals surface area contributed by atoms with E-state index in [1.54, 1.807) is 7.11 Å². The third-order valence-electron chi connectivity index (χ3n) is 9.18. The van der Waals surface area contributed by atoms with Crippen LogP contribution in [0.4, 0.5) is 0 Å². The van der Waals surface area contributed by atoms with Crippen molar-refractivity contribution in [2.75, 3.05) is 20.3 Å². The normalized spacial score (nSPS) is 20.4. The molecule has 3 aromatic carbocycles. The number of carbonyl (C=O) groups excluding carboxylic acids is 1. The monoisotopic (exact) mass is 554 g/mol. The molecule has 1 amide bonds. The summed E-state index contributed by atoms with van der Waals surface area (Å²) in [6.07, 6.45) is 4.90. The number of nitrogens with one attached hydrogen (secondary N) is 1. The van der Waals surface area contributed by atoms with Crippen molar-refractivity contribution >= 4 is 5.91 Å². The van der Waals surface area contributed by atoms with Gasteiger partial charge in [0.2, 0.25) is 5.91 Å². The highest BCUT2D eigenvalue weighted by molar-refractivity contribution is 5.80. The molecule has 2 atom stereocenters. The van der Waals surface area contributed by atoms with Crippen LogP contribution in [0.15, 0.2) is 60.7 Å². The second kappa shape index (κ2) is 13.2. The number of hydrogen-bond donors (Lipinski definition) is 1. The van der Waals surface area contributed by atoms with Crippen LogP contribution in [0.2, 0.25) is 0 Å². The first-order valence-corrected chi connectivity index (χ1v) is 15.3. The molecule has 5 nitrogen and oxygen atoms in total. The van der Waals surface area contributed by atoms with E-state index in [9.17, 15) is 4.79 Å². The molecule has 2 unspecified atom stereocenters. The SMILES string of the molecule is COCCOc1ccc(CN2C3CCC2CC(NC(=O)Cc2cccc(-c4ccccc4C(C)C)c2)C3)c(C)c1C. The van der Waals surface area contributed by atoms with Crippen LogP contribution in [0.5, 0.6) is 5.75 Å². The van der Waals surface area contributed by atoms with Gasteiger partial charge in [-0.3, -0.25) is 9.69 Å². The third-order valence-corrected chi connectivity index (χ3v) is 9.18. The van der Waals surface area contributed by atoms with Crippen LogP contribution in [0.1, 0.15) is 73.3 Å². The Labute approximate surface area is 246 Å². The number of methoxy groups -OCH3 is 1. The molecule has 0 aliphatic carbocycles. The minimum Gasteiger partial charge on any atom is -0.491 e. The minimum absolute atomic E-state index is 0.132. The van der Waals surface area contributed by atoms with E-state index in [0.717, 1.165) is 30.7 Å². The molecule has 218 valence electrons. The average Bonchev–Trinajstić information content (AvgIpc) is 3.19. The van der Waals surface area contributed by atoms with Crippen LogP contribution in [0.3, 0.4) is 0 Å². The fraction of sp³-hybridized carbons (Fsp3) is 0.472. The quantitative estimate of drug-likeness (QED) is 0.260. The summed E-state index contributed by atoms with van der Waals surface area (Å²) in [5.41, 5.74) is 8.75. The smallest absolute Gasteiger partial charge is 0.224 e. The van der Waals surface area contributed by atoms with Gasteiger partial charge in [-0.05, 0) is 90.5 Å². The highest BCUT2D eigenvalue weighted by atomic mass is 16.5. The number of nitrogens with zero attached hydrogens (tertiary/aromatic N) is 1. The van der Waals surface area contributed by atoms with Crippen molar-refractivity contribution in [3.05, 3.63) is 88.5 Å². The van der Waals surface area contributed by atoms with Crippen molar-refractivity contribution in [2.24, 2.45) is 0 Å². The summed E-state index contributed by atoms with van der Waals surface area (Å²) < 4.78 is 11.0. The van der Waals surface area contributed by atoms with Crippen molar-refractivity contribution < 1.29 is 14.3 Å². The van der Waals surface area contributed by atoms with Crippen LogP contribution in [-0.2, 0) is 22.5 Å². The number of carbonyl (C=O) groups is 1. The van der Waals surface area contributed by atoms with Gasteiger partial charge in [0.05, 0.1) is 13.0 Å². The summed E-state index contributed by atoms with van der Waals surface area (Å²) in [4.78, 5) is 15.9. The van der Waals surface area contributed by atoms with Gasteiger partial charge in [0.15, 0.2) is 0 Å². The van der Waals surface area contributed by atoms with Crippen molar-refractivity contribution in [1.82, 2.24) is 10.2 Å². The Morgan fingerprint density at radius 3 is 2.44 bits per heavy atom. The fourth-order valence-electron chi connectivity index (χ4n) is 6.84. The lowest BCUT2D eigenvalue weighted by atomic mass is 9.91. The average molecular weight is 555 g/mol. The molecule has 0 radical (unpaired) electrons. The Morgan fingerprint density at radius 2 is 1.71 bits per heavy atom. The van der Waals surface area contributed by atoms with E-state index in [4.69, 9.17) is 9.47 Å². The Kier molecular flexibility index (Phi) is 9.46. The molecule has 2 saturated heterocycles. The maximum absolute atomic E-state index is 13.2. The number of fused-ring (bicyclic) bond motifs is 2.